The number of rotatable bonds is 5. The van der Waals surface area contributed by atoms with Gasteiger partial charge in [0.15, 0.2) is 5.58 Å². The molecule has 0 saturated carbocycles. The molecular formula is C53H36N2O. The average Bonchev–Trinajstić information content (AvgIpc) is 3.79. The summed E-state index contributed by atoms with van der Waals surface area (Å²) in [6, 6.07) is 64.5. The van der Waals surface area contributed by atoms with Crippen molar-refractivity contribution in [3.63, 3.8) is 0 Å². The molecule has 0 unspecified atom stereocenters. The molecule has 0 atom stereocenters. The fourth-order valence-electron chi connectivity index (χ4n) is 9.22. The molecule has 11 aromatic rings. The van der Waals surface area contributed by atoms with Crippen molar-refractivity contribution in [3.05, 3.63) is 181 Å². The van der Waals surface area contributed by atoms with Crippen molar-refractivity contribution in [2.75, 3.05) is 4.90 Å². The van der Waals surface area contributed by atoms with Crippen LogP contribution in [0.3, 0.4) is 0 Å². The Balaban J connectivity index is 0.974. The van der Waals surface area contributed by atoms with Gasteiger partial charge < -0.3 is 13.9 Å². The molecule has 0 spiro atoms. The van der Waals surface area contributed by atoms with Crippen molar-refractivity contribution >= 4 is 82.4 Å². The Morgan fingerprint density at radius 3 is 1.68 bits per heavy atom. The van der Waals surface area contributed by atoms with Crippen LogP contribution in [0.5, 0.6) is 0 Å². The molecule has 9 aromatic carbocycles. The summed E-state index contributed by atoms with van der Waals surface area (Å²) in [5.41, 5.74) is 15.2. The molecule has 0 fully saturated rings. The minimum atomic E-state index is 0.456. The smallest absolute Gasteiger partial charge is 0.159 e. The fourth-order valence-corrected chi connectivity index (χ4v) is 9.22. The first-order valence-electron chi connectivity index (χ1n) is 19.5. The van der Waals surface area contributed by atoms with E-state index < -0.39 is 0 Å². The molecule has 0 N–H and O–H groups in total. The van der Waals surface area contributed by atoms with Gasteiger partial charge in [0, 0.05) is 38.6 Å². The third-order valence-electron chi connectivity index (χ3n) is 12.0. The summed E-state index contributed by atoms with van der Waals surface area (Å²) in [5.74, 6) is 0.456. The Labute approximate surface area is 324 Å². The number of furan rings is 1. The molecule has 3 nitrogen and oxygen atoms in total. The largest absolute Gasteiger partial charge is 0.454 e. The highest BCUT2D eigenvalue weighted by molar-refractivity contribution is 6.14. The molecule has 1 aliphatic carbocycles. The van der Waals surface area contributed by atoms with Gasteiger partial charge in [0.05, 0.1) is 16.7 Å². The van der Waals surface area contributed by atoms with E-state index in [0.29, 0.717) is 5.92 Å². The van der Waals surface area contributed by atoms with Gasteiger partial charge in [0.2, 0.25) is 0 Å². The minimum absolute atomic E-state index is 0.456. The lowest BCUT2D eigenvalue weighted by Gasteiger charge is -2.28. The number of hydrogen-bond acceptors (Lipinski definition) is 2. The summed E-state index contributed by atoms with van der Waals surface area (Å²) in [6.07, 6.45) is 0. The lowest BCUT2D eigenvalue weighted by Crippen LogP contribution is -2.10. The molecule has 12 rings (SSSR count). The first-order chi connectivity index (χ1) is 27.6. The van der Waals surface area contributed by atoms with Crippen LogP contribution in [0.2, 0.25) is 0 Å². The highest BCUT2D eigenvalue weighted by Crippen LogP contribution is 2.51. The van der Waals surface area contributed by atoms with Gasteiger partial charge in [-0.3, -0.25) is 0 Å². The summed E-state index contributed by atoms with van der Waals surface area (Å²) in [6.45, 7) is 4.48. The highest BCUT2D eigenvalue weighted by atomic mass is 16.3. The molecule has 264 valence electrons. The standard InChI is InChI=1S/C53H36N2O/c1-32(2)33-18-22-38(23-19-33)54(51-16-9-13-44-43-12-5-8-17-52(43)56-53(44)51)39-24-20-34-28-45-47(30-36(34)26-39)46-29-35-21-25-40(27-37(35)31-48(45)46)55-49-14-6-3-10-41(49)42-11-4-7-15-50(42)55/h3-32H,1-2H3. The molecule has 0 radical (unpaired) electrons. The van der Waals surface area contributed by atoms with Gasteiger partial charge in [-0.2, -0.15) is 0 Å². The number of benzene rings is 9. The van der Waals surface area contributed by atoms with Crippen LogP contribution in [0, 0.1) is 0 Å². The van der Waals surface area contributed by atoms with Crippen molar-refractivity contribution in [1.82, 2.24) is 4.57 Å². The quantitative estimate of drug-likeness (QED) is 0.177. The van der Waals surface area contributed by atoms with E-state index in [1.165, 1.54) is 76.9 Å². The Kier molecular flexibility index (Phi) is 6.53. The van der Waals surface area contributed by atoms with Crippen molar-refractivity contribution in [2.24, 2.45) is 0 Å². The molecular weight excluding hydrogens is 681 g/mol. The predicted octanol–water partition coefficient (Wildman–Crippen LogP) is 15.2. The summed E-state index contributed by atoms with van der Waals surface area (Å²) < 4.78 is 9.00. The van der Waals surface area contributed by atoms with Gasteiger partial charge in [-0.1, -0.05) is 105 Å². The number of nitrogens with zero attached hydrogens (tertiary/aromatic N) is 2. The fraction of sp³-hybridized carbons (Fsp3) is 0.0566. The zero-order valence-electron chi connectivity index (χ0n) is 31.1. The van der Waals surface area contributed by atoms with Crippen molar-refractivity contribution in [3.8, 4) is 27.9 Å². The first-order valence-corrected chi connectivity index (χ1v) is 19.5. The maximum Gasteiger partial charge on any atom is 0.159 e. The van der Waals surface area contributed by atoms with E-state index >= 15 is 0 Å². The zero-order valence-corrected chi connectivity index (χ0v) is 31.1. The molecule has 3 heteroatoms. The first kappa shape index (κ1) is 31.3. The van der Waals surface area contributed by atoms with Gasteiger partial charge in [0.25, 0.3) is 0 Å². The summed E-state index contributed by atoms with van der Waals surface area (Å²) >= 11 is 0. The van der Waals surface area contributed by atoms with E-state index in [-0.39, 0.29) is 0 Å². The van der Waals surface area contributed by atoms with Crippen LogP contribution in [0.4, 0.5) is 17.1 Å². The maximum atomic E-state index is 6.60. The zero-order chi connectivity index (χ0) is 37.1. The monoisotopic (exact) mass is 716 g/mol. The van der Waals surface area contributed by atoms with E-state index in [0.717, 1.165) is 39.0 Å². The third kappa shape index (κ3) is 4.52. The van der Waals surface area contributed by atoms with E-state index in [4.69, 9.17) is 4.42 Å². The minimum Gasteiger partial charge on any atom is -0.454 e. The second kappa shape index (κ2) is 11.7. The van der Waals surface area contributed by atoms with Gasteiger partial charge in [-0.25, -0.2) is 0 Å². The molecule has 2 heterocycles. The van der Waals surface area contributed by atoms with Crippen molar-refractivity contribution < 1.29 is 4.42 Å². The maximum absolute atomic E-state index is 6.60. The summed E-state index contributed by atoms with van der Waals surface area (Å²) in [4.78, 5) is 2.35. The summed E-state index contributed by atoms with van der Waals surface area (Å²) in [5, 5.41) is 9.77. The van der Waals surface area contributed by atoms with Crippen LogP contribution in [-0.2, 0) is 0 Å². The molecule has 2 aromatic heterocycles. The van der Waals surface area contributed by atoms with Crippen LogP contribution in [0.1, 0.15) is 25.3 Å². The Bertz CT molecular complexity index is 3350. The third-order valence-corrected chi connectivity index (χ3v) is 12.0. The van der Waals surface area contributed by atoms with E-state index in [1.807, 2.05) is 6.07 Å². The number of hydrogen-bond donors (Lipinski definition) is 0. The van der Waals surface area contributed by atoms with Gasteiger partial charge >= 0.3 is 0 Å². The van der Waals surface area contributed by atoms with Crippen LogP contribution in [-0.4, -0.2) is 4.57 Å². The Morgan fingerprint density at radius 2 is 1.00 bits per heavy atom. The van der Waals surface area contributed by atoms with Crippen LogP contribution in [0.15, 0.2) is 180 Å². The lowest BCUT2D eigenvalue weighted by atomic mass is 9.78. The van der Waals surface area contributed by atoms with Gasteiger partial charge in [0.1, 0.15) is 5.58 Å². The lowest BCUT2D eigenvalue weighted by molar-refractivity contribution is 0.669. The molecule has 0 aliphatic heterocycles. The van der Waals surface area contributed by atoms with Gasteiger partial charge in [-0.15, -0.1) is 0 Å². The van der Waals surface area contributed by atoms with Crippen molar-refractivity contribution in [1.29, 1.82) is 0 Å². The molecule has 1 aliphatic rings. The van der Waals surface area contributed by atoms with Crippen LogP contribution in [0.25, 0.3) is 93.2 Å². The number of anilines is 3. The second-order valence-electron chi connectivity index (χ2n) is 15.6. The molecule has 56 heavy (non-hydrogen) atoms. The number of para-hydroxylation sites is 4. The van der Waals surface area contributed by atoms with Crippen LogP contribution >= 0.6 is 0 Å². The molecule has 0 saturated heterocycles. The second-order valence-corrected chi connectivity index (χ2v) is 15.6. The number of fused-ring (bicyclic) bond motifs is 12. The predicted molar refractivity (Wildman–Crippen MR) is 236 cm³/mol. The van der Waals surface area contributed by atoms with Gasteiger partial charge in [-0.05, 0) is 140 Å². The average molecular weight is 717 g/mol. The Morgan fingerprint density at radius 1 is 0.446 bits per heavy atom. The normalized spacial score (nSPS) is 12.3. The van der Waals surface area contributed by atoms with E-state index in [9.17, 15) is 0 Å². The van der Waals surface area contributed by atoms with Crippen LogP contribution < -0.4 is 4.90 Å². The summed E-state index contributed by atoms with van der Waals surface area (Å²) in [7, 11) is 0. The van der Waals surface area contributed by atoms with E-state index in [2.05, 4.69) is 193 Å². The molecule has 0 bridgehead atoms. The SMILES string of the molecule is CC(C)c1ccc(N(c2ccc3cc4c(cc3c2)-c2cc3ccc(-n5c6ccccc6c6ccccc65)cc3cc2-4)c2cccc3c2oc2ccccc23)cc1. The number of aromatic nitrogens is 1. The van der Waals surface area contributed by atoms with E-state index in [1.54, 1.807) is 0 Å². The topological polar surface area (TPSA) is 21.3 Å². The van der Waals surface area contributed by atoms with Crippen molar-refractivity contribution in [2.45, 2.75) is 19.8 Å². The Hall–Kier alpha value is -7.10. The molecule has 0 amide bonds. The highest BCUT2D eigenvalue weighted by Gasteiger charge is 2.25.